The number of rotatable bonds is 4. The van der Waals surface area contributed by atoms with Crippen LogP contribution >= 0.6 is 0 Å². The molecule has 0 bridgehead atoms. The standard InChI is InChI=1S/C15H14F2N2O2/c16-11-2-1-9(13(17)7-11)6-15(21)19-8-10-5-12(18)3-4-14(10)20/h1-5,7,20H,6,8,18H2,(H,19,21). The first-order valence-corrected chi connectivity index (χ1v) is 6.23. The highest BCUT2D eigenvalue weighted by Gasteiger charge is 2.10. The molecule has 2 rings (SSSR count). The highest BCUT2D eigenvalue weighted by molar-refractivity contribution is 5.78. The van der Waals surface area contributed by atoms with E-state index < -0.39 is 17.5 Å². The number of carbonyl (C=O) groups is 1. The normalized spacial score (nSPS) is 10.4. The Balaban J connectivity index is 1.97. The number of amides is 1. The summed E-state index contributed by atoms with van der Waals surface area (Å²) in [6, 6.07) is 7.54. The van der Waals surface area contributed by atoms with Crippen molar-refractivity contribution < 1.29 is 18.7 Å². The van der Waals surface area contributed by atoms with Gasteiger partial charge in [0.15, 0.2) is 0 Å². The molecule has 0 unspecified atom stereocenters. The van der Waals surface area contributed by atoms with Crippen LogP contribution in [0.4, 0.5) is 14.5 Å². The zero-order valence-electron chi connectivity index (χ0n) is 11.1. The fourth-order valence-electron chi connectivity index (χ4n) is 1.84. The molecule has 4 nitrogen and oxygen atoms in total. The predicted octanol–water partition coefficient (Wildman–Crippen LogP) is 2.11. The SMILES string of the molecule is Nc1ccc(O)c(CNC(=O)Cc2ccc(F)cc2F)c1. The van der Waals surface area contributed by atoms with Gasteiger partial charge in [-0.25, -0.2) is 8.78 Å². The lowest BCUT2D eigenvalue weighted by atomic mass is 10.1. The van der Waals surface area contributed by atoms with Gasteiger partial charge in [0.05, 0.1) is 6.42 Å². The van der Waals surface area contributed by atoms with Crippen molar-refractivity contribution in [3.8, 4) is 5.75 Å². The number of carbonyl (C=O) groups excluding carboxylic acids is 1. The van der Waals surface area contributed by atoms with Crippen LogP contribution in [-0.4, -0.2) is 11.0 Å². The zero-order chi connectivity index (χ0) is 15.4. The molecular weight excluding hydrogens is 278 g/mol. The van der Waals surface area contributed by atoms with Gasteiger partial charge < -0.3 is 16.2 Å². The van der Waals surface area contributed by atoms with Crippen molar-refractivity contribution in [1.29, 1.82) is 0 Å². The van der Waals surface area contributed by atoms with E-state index in [0.717, 1.165) is 12.1 Å². The number of phenols is 1. The van der Waals surface area contributed by atoms with E-state index in [-0.39, 0.29) is 24.3 Å². The van der Waals surface area contributed by atoms with E-state index in [9.17, 15) is 18.7 Å². The minimum Gasteiger partial charge on any atom is -0.508 e. The second kappa shape index (κ2) is 6.21. The third-order valence-electron chi connectivity index (χ3n) is 2.95. The second-order valence-corrected chi connectivity index (χ2v) is 4.58. The van der Waals surface area contributed by atoms with Gasteiger partial charge in [-0.15, -0.1) is 0 Å². The second-order valence-electron chi connectivity index (χ2n) is 4.58. The van der Waals surface area contributed by atoms with Crippen LogP contribution in [0.5, 0.6) is 5.75 Å². The Morgan fingerprint density at radius 3 is 2.62 bits per heavy atom. The quantitative estimate of drug-likeness (QED) is 0.597. The summed E-state index contributed by atoms with van der Waals surface area (Å²) in [6.45, 7) is 0.0680. The Morgan fingerprint density at radius 1 is 1.14 bits per heavy atom. The Morgan fingerprint density at radius 2 is 1.90 bits per heavy atom. The highest BCUT2D eigenvalue weighted by atomic mass is 19.1. The minimum atomic E-state index is -0.767. The highest BCUT2D eigenvalue weighted by Crippen LogP contribution is 2.19. The molecule has 0 saturated carbocycles. The maximum atomic E-state index is 13.4. The Hall–Kier alpha value is -2.63. The molecule has 0 aliphatic heterocycles. The van der Waals surface area contributed by atoms with Gasteiger partial charge in [0.25, 0.3) is 0 Å². The van der Waals surface area contributed by atoms with Crippen molar-refractivity contribution in [2.75, 3.05) is 5.73 Å². The summed E-state index contributed by atoms with van der Waals surface area (Å²) in [4.78, 5) is 11.7. The molecule has 21 heavy (non-hydrogen) atoms. The molecule has 110 valence electrons. The molecular formula is C15H14F2N2O2. The average molecular weight is 292 g/mol. The maximum Gasteiger partial charge on any atom is 0.224 e. The molecule has 0 aliphatic carbocycles. The molecule has 0 spiro atoms. The lowest BCUT2D eigenvalue weighted by Crippen LogP contribution is -2.25. The van der Waals surface area contributed by atoms with Crippen LogP contribution in [0.1, 0.15) is 11.1 Å². The van der Waals surface area contributed by atoms with Crippen LogP contribution in [-0.2, 0) is 17.8 Å². The average Bonchev–Trinajstić information content (AvgIpc) is 2.43. The fraction of sp³-hybridized carbons (Fsp3) is 0.133. The van der Waals surface area contributed by atoms with Crippen LogP contribution < -0.4 is 11.1 Å². The number of aromatic hydroxyl groups is 1. The Bertz CT molecular complexity index is 675. The van der Waals surface area contributed by atoms with Crippen molar-refractivity contribution in [3.63, 3.8) is 0 Å². The molecule has 4 N–H and O–H groups in total. The molecule has 0 saturated heterocycles. The van der Waals surface area contributed by atoms with Gasteiger partial charge in [0, 0.05) is 23.9 Å². The number of nitrogens with two attached hydrogens (primary N) is 1. The molecule has 1 amide bonds. The summed E-state index contributed by atoms with van der Waals surface area (Å²) in [5.41, 5.74) is 6.61. The van der Waals surface area contributed by atoms with Gasteiger partial charge in [-0.1, -0.05) is 6.07 Å². The van der Waals surface area contributed by atoms with E-state index in [2.05, 4.69) is 5.32 Å². The van der Waals surface area contributed by atoms with Crippen LogP contribution in [0.25, 0.3) is 0 Å². The fourth-order valence-corrected chi connectivity index (χ4v) is 1.84. The maximum absolute atomic E-state index is 13.4. The first kappa shape index (κ1) is 14.8. The van der Waals surface area contributed by atoms with Gasteiger partial charge in [0.2, 0.25) is 5.91 Å². The molecule has 0 aromatic heterocycles. The van der Waals surface area contributed by atoms with E-state index in [1.54, 1.807) is 0 Å². The van der Waals surface area contributed by atoms with E-state index in [1.165, 1.54) is 24.3 Å². The van der Waals surface area contributed by atoms with Gasteiger partial charge in [-0.05, 0) is 29.8 Å². The summed E-state index contributed by atoms with van der Waals surface area (Å²) in [5, 5.41) is 12.1. The molecule has 0 radical (unpaired) electrons. The van der Waals surface area contributed by atoms with Crippen LogP contribution in [0.15, 0.2) is 36.4 Å². The molecule has 2 aromatic rings. The first-order valence-electron chi connectivity index (χ1n) is 6.23. The third-order valence-corrected chi connectivity index (χ3v) is 2.95. The number of benzene rings is 2. The van der Waals surface area contributed by atoms with E-state index in [1.807, 2.05) is 0 Å². The summed E-state index contributed by atoms with van der Waals surface area (Å²) in [6.07, 6.45) is -0.213. The van der Waals surface area contributed by atoms with Crippen LogP contribution in [0, 0.1) is 11.6 Å². The van der Waals surface area contributed by atoms with Crippen LogP contribution in [0.3, 0.4) is 0 Å². The van der Waals surface area contributed by atoms with E-state index in [0.29, 0.717) is 11.3 Å². The van der Waals surface area contributed by atoms with Gasteiger partial charge in [0.1, 0.15) is 17.4 Å². The number of anilines is 1. The van der Waals surface area contributed by atoms with Gasteiger partial charge in [-0.3, -0.25) is 4.79 Å². The number of nitrogens with one attached hydrogen (secondary N) is 1. The smallest absolute Gasteiger partial charge is 0.224 e. The largest absolute Gasteiger partial charge is 0.508 e. The van der Waals surface area contributed by atoms with Crippen molar-refractivity contribution in [3.05, 3.63) is 59.2 Å². The number of nitrogen functional groups attached to an aromatic ring is 1. The monoisotopic (exact) mass is 292 g/mol. The van der Waals surface area contributed by atoms with Crippen LogP contribution in [0.2, 0.25) is 0 Å². The predicted molar refractivity (Wildman–Crippen MR) is 74.4 cm³/mol. The molecule has 6 heteroatoms. The summed E-state index contributed by atoms with van der Waals surface area (Å²) >= 11 is 0. The molecule has 2 aromatic carbocycles. The van der Waals surface area contributed by atoms with Crippen molar-refractivity contribution in [2.24, 2.45) is 0 Å². The molecule has 0 heterocycles. The minimum absolute atomic E-state index is 0.0115. The summed E-state index contributed by atoms with van der Waals surface area (Å²) in [5.74, 6) is -1.89. The zero-order valence-corrected chi connectivity index (χ0v) is 11.1. The van der Waals surface area contributed by atoms with E-state index >= 15 is 0 Å². The van der Waals surface area contributed by atoms with Crippen molar-refractivity contribution in [2.45, 2.75) is 13.0 Å². The Kier molecular flexibility index (Phi) is 4.37. The topological polar surface area (TPSA) is 75.3 Å². The Labute approximate surface area is 120 Å². The van der Waals surface area contributed by atoms with E-state index in [4.69, 9.17) is 5.73 Å². The summed E-state index contributed by atoms with van der Waals surface area (Å²) < 4.78 is 26.2. The van der Waals surface area contributed by atoms with Gasteiger partial charge in [-0.2, -0.15) is 0 Å². The van der Waals surface area contributed by atoms with Crippen molar-refractivity contribution >= 4 is 11.6 Å². The molecule has 0 atom stereocenters. The van der Waals surface area contributed by atoms with Crippen molar-refractivity contribution in [1.82, 2.24) is 5.32 Å². The lowest BCUT2D eigenvalue weighted by Gasteiger charge is -2.08. The number of hydrogen-bond acceptors (Lipinski definition) is 3. The third kappa shape index (κ3) is 3.92. The van der Waals surface area contributed by atoms with Gasteiger partial charge >= 0.3 is 0 Å². The molecule has 0 aliphatic rings. The lowest BCUT2D eigenvalue weighted by molar-refractivity contribution is -0.120. The molecule has 0 fully saturated rings. The number of halogens is 2. The number of phenolic OH excluding ortho intramolecular Hbond substituents is 1. The summed E-state index contributed by atoms with van der Waals surface area (Å²) in [7, 11) is 0. The first-order chi connectivity index (χ1) is 9.95. The number of hydrogen-bond donors (Lipinski definition) is 3.